The molecule has 1 fully saturated rings. The van der Waals surface area contributed by atoms with Crippen molar-refractivity contribution in [2.45, 2.75) is 25.5 Å². The van der Waals surface area contributed by atoms with Gasteiger partial charge >= 0.3 is 0 Å². The number of aromatic nitrogens is 2. The maximum absolute atomic E-state index is 12.8. The van der Waals surface area contributed by atoms with Crippen molar-refractivity contribution >= 4 is 5.91 Å². The molecule has 0 bridgehead atoms. The number of carbonyl (C=O) groups excluding carboxylic acids is 1. The Kier molecular flexibility index (Phi) is 4.83. The summed E-state index contributed by atoms with van der Waals surface area (Å²) in [5.74, 6) is -0.126. The van der Waals surface area contributed by atoms with Gasteiger partial charge in [0.05, 0.1) is 12.3 Å². The Labute approximate surface area is 134 Å². The Morgan fingerprint density at radius 3 is 2.78 bits per heavy atom. The molecule has 0 aliphatic carbocycles. The fourth-order valence-corrected chi connectivity index (χ4v) is 2.64. The molecule has 0 aromatic carbocycles. The van der Waals surface area contributed by atoms with Crippen LogP contribution in [0, 0.1) is 0 Å². The van der Waals surface area contributed by atoms with E-state index in [-0.39, 0.29) is 17.8 Å². The van der Waals surface area contributed by atoms with Crippen molar-refractivity contribution in [2.24, 2.45) is 0 Å². The second-order valence-corrected chi connectivity index (χ2v) is 5.58. The zero-order valence-electron chi connectivity index (χ0n) is 12.8. The fraction of sp³-hybridized carbons (Fsp3) is 0.353. The summed E-state index contributed by atoms with van der Waals surface area (Å²) >= 11 is 0. The third kappa shape index (κ3) is 4.04. The number of ether oxygens (including phenoxy) is 1. The molecular formula is C17H19N3O3. The molecule has 120 valence electrons. The van der Waals surface area contributed by atoms with Gasteiger partial charge in [-0.15, -0.1) is 0 Å². The lowest BCUT2D eigenvalue weighted by Crippen LogP contribution is -2.37. The molecule has 1 aliphatic rings. The maximum atomic E-state index is 12.8. The smallest absolute Gasteiger partial charge is 0.272 e. The van der Waals surface area contributed by atoms with E-state index >= 15 is 0 Å². The monoisotopic (exact) mass is 313 g/mol. The van der Waals surface area contributed by atoms with Crippen LogP contribution in [0.4, 0.5) is 0 Å². The molecule has 23 heavy (non-hydrogen) atoms. The van der Waals surface area contributed by atoms with Crippen LogP contribution in [0.5, 0.6) is 5.75 Å². The molecular weight excluding hydrogens is 294 g/mol. The zero-order chi connectivity index (χ0) is 16.1. The minimum absolute atomic E-state index is 0.0429. The zero-order valence-corrected chi connectivity index (χ0v) is 12.8. The van der Waals surface area contributed by atoms with E-state index in [0.717, 1.165) is 25.0 Å². The van der Waals surface area contributed by atoms with Gasteiger partial charge in [0.2, 0.25) is 0 Å². The van der Waals surface area contributed by atoms with Crippen LogP contribution in [0.25, 0.3) is 0 Å². The van der Waals surface area contributed by atoms with Crippen LogP contribution in [0.3, 0.4) is 0 Å². The number of carbonyl (C=O) groups is 1. The highest BCUT2D eigenvalue weighted by Crippen LogP contribution is 2.17. The summed E-state index contributed by atoms with van der Waals surface area (Å²) in [6.07, 6.45) is 6.76. The molecule has 1 saturated heterocycles. The molecule has 3 heterocycles. The summed E-state index contributed by atoms with van der Waals surface area (Å²) in [7, 11) is 0. The van der Waals surface area contributed by atoms with Gasteiger partial charge < -0.3 is 14.7 Å². The van der Waals surface area contributed by atoms with Crippen molar-refractivity contribution in [3.63, 3.8) is 0 Å². The van der Waals surface area contributed by atoms with Crippen molar-refractivity contribution in [3.05, 3.63) is 54.1 Å². The Morgan fingerprint density at radius 1 is 1.30 bits per heavy atom. The molecule has 1 amide bonds. The highest BCUT2D eigenvalue weighted by molar-refractivity contribution is 5.92. The number of hydrogen-bond acceptors (Lipinski definition) is 5. The normalized spacial score (nSPS) is 17.1. The van der Waals surface area contributed by atoms with Gasteiger partial charge in [0.15, 0.2) is 0 Å². The Hall–Kier alpha value is -2.47. The van der Waals surface area contributed by atoms with Gasteiger partial charge in [-0.1, -0.05) is 0 Å². The second-order valence-electron chi connectivity index (χ2n) is 5.58. The van der Waals surface area contributed by atoms with Gasteiger partial charge in [-0.3, -0.25) is 9.78 Å². The summed E-state index contributed by atoms with van der Waals surface area (Å²) < 4.78 is 5.66. The van der Waals surface area contributed by atoms with Crippen LogP contribution < -0.4 is 0 Å². The second kappa shape index (κ2) is 7.19. The molecule has 2 aromatic heterocycles. The summed E-state index contributed by atoms with van der Waals surface area (Å²) in [4.78, 5) is 22.5. The number of hydrogen-bond donors (Lipinski definition) is 1. The van der Waals surface area contributed by atoms with Crippen molar-refractivity contribution < 1.29 is 14.6 Å². The Bertz CT molecular complexity index is 640. The quantitative estimate of drug-likeness (QED) is 0.914. The largest absolute Gasteiger partial charge is 0.506 e. The molecule has 1 aliphatic heterocycles. The summed E-state index contributed by atoms with van der Waals surface area (Å²) in [5, 5.41) is 9.33. The molecule has 0 unspecified atom stereocenters. The highest BCUT2D eigenvalue weighted by atomic mass is 16.5. The van der Waals surface area contributed by atoms with Crippen LogP contribution in [0.1, 0.15) is 28.9 Å². The molecule has 1 atom stereocenters. The van der Waals surface area contributed by atoms with E-state index in [0.29, 0.717) is 18.8 Å². The lowest BCUT2D eigenvalue weighted by molar-refractivity contribution is 0.0503. The standard InChI is InChI=1S/C17H19N3O3/c21-14-3-4-16(19-10-14)17(22)20(12-15-2-1-9-23-15)11-13-5-7-18-8-6-13/h3-8,10,15,21H,1-2,9,11-12H2/t15-/m0/s1. The lowest BCUT2D eigenvalue weighted by atomic mass is 10.2. The average Bonchev–Trinajstić information content (AvgIpc) is 3.08. The van der Waals surface area contributed by atoms with E-state index in [1.807, 2.05) is 12.1 Å². The first-order valence-corrected chi connectivity index (χ1v) is 7.67. The summed E-state index contributed by atoms with van der Waals surface area (Å²) in [5.41, 5.74) is 1.32. The van der Waals surface area contributed by atoms with Crippen LogP contribution in [0.15, 0.2) is 42.9 Å². The van der Waals surface area contributed by atoms with Crippen molar-refractivity contribution in [1.82, 2.24) is 14.9 Å². The first-order chi connectivity index (χ1) is 11.2. The number of nitrogens with zero attached hydrogens (tertiary/aromatic N) is 3. The summed E-state index contributed by atoms with van der Waals surface area (Å²) in [6.45, 7) is 1.76. The van der Waals surface area contributed by atoms with Gasteiger partial charge in [-0.25, -0.2) is 4.98 Å². The molecule has 2 aromatic rings. The van der Waals surface area contributed by atoms with Gasteiger partial charge in [0, 0.05) is 32.1 Å². The van der Waals surface area contributed by atoms with Gasteiger partial charge in [-0.05, 0) is 42.7 Å². The van der Waals surface area contributed by atoms with Crippen LogP contribution in [-0.2, 0) is 11.3 Å². The maximum Gasteiger partial charge on any atom is 0.272 e. The predicted molar refractivity (Wildman–Crippen MR) is 83.9 cm³/mol. The molecule has 6 heteroatoms. The van der Waals surface area contributed by atoms with E-state index in [1.165, 1.54) is 18.3 Å². The number of amides is 1. The van der Waals surface area contributed by atoms with E-state index in [9.17, 15) is 9.90 Å². The van der Waals surface area contributed by atoms with Gasteiger partial charge in [0.1, 0.15) is 11.4 Å². The topological polar surface area (TPSA) is 75.5 Å². The Balaban J connectivity index is 1.78. The minimum atomic E-state index is -0.169. The fourth-order valence-electron chi connectivity index (χ4n) is 2.64. The number of pyridine rings is 2. The van der Waals surface area contributed by atoms with Gasteiger partial charge in [-0.2, -0.15) is 0 Å². The van der Waals surface area contributed by atoms with Gasteiger partial charge in [0.25, 0.3) is 5.91 Å². The van der Waals surface area contributed by atoms with E-state index < -0.39 is 0 Å². The molecule has 0 spiro atoms. The first kappa shape index (κ1) is 15.4. The van der Waals surface area contributed by atoms with Crippen LogP contribution in [-0.4, -0.2) is 45.1 Å². The summed E-state index contributed by atoms with van der Waals surface area (Å²) in [6, 6.07) is 6.78. The minimum Gasteiger partial charge on any atom is -0.506 e. The SMILES string of the molecule is O=C(c1ccc(O)cn1)N(Cc1ccncc1)C[C@@H]1CCCO1. The molecule has 3 rings (SSSR count). The third-order valence-electron chi connectivity index (χ3n) is 3.83. The number of aromatic hydroxyl groups is 1. The molecule has 1 N–H and O–H groups in total. The van der Waals surface area contributed by atoms with Crippen LogP contribution >= 0.6 is 0 Å². The lowest BCUT2D eigenvalue weighted by Gasteiger charge is -2.25. The molecule has 0 saturated carbocycles. The molecule has 6 nitrogen and oxygen atoms in total. The van der Waals surface area contributed by atoms with E-state index in [1.54, 1.807) is 17.3 Å². The van der Waals surface area contributed by atoms with Crippen molar-refractivity contribution in [2.75, 3.05) is 13.2 Å². The van der Waals surface area contributed by atoms with E-state index in [2.05, 4.69) is 9.97 Å². The van der Waals surface area contributed by atoms with Crippen molar-refractivity contribution in [3.8, 4) is 5.75 Å². The highest BCUT2D eigenvalue weighted by Gasteiger charge is 2.24. The first-order valence-electron chi connectivity index (χ1n) is 7.67. The van der Waals surface area contributed by atoms with Crippen LogP contribution in [0.2, 0.25) is 0 Å². The van der Waals surface area contributed by atoms with Crippen molar-refractivity contribution in [1.29, 1.82) is 0 Å². The predicted octanol–water partition coefficient (Wildman–Crippen LogP) is 2.00. The number of rotatable bonds is 5. The Morgan fingerprint density at radius 2 is 2.13 bits per heavy atom. The average molecular weight is 313 g/mol. The third-order valence-corrected chi connectivity index (χ3v) is 3.83. The van der Waals surface area contributed by atoms with E-state index in [4.69, 9.17) is 4.74 Å². The molecule has 0 radical (unpaired) electrons.